The van der Waals surface area contributed by atoms with Gasteiger partial charge < -0.3 is 10.2 Å². The third-order valence-corrected chi connectivity index (χ3v) is 9.99. The highest BCUT2D eigenvalue weighted by Crippen LogP contribution is 2.27. The molecule has 0 bridgehead atoms. The molecule has 0 unspecified atom stereocenters. The highest BCUT2D eigenvalue weighted by atomic mass is 32.2. The summed E-state index contributed by atoms with van der Waals surface area (Å²) in [7, 11) is -4.15. The molecule has 0 aliphatic carbocycles. The summed E-state index contributed by atoms with van der Waals surface area (Å²) >= 11 is 0. The van der Waals surface area contributed by atoms with Crippen LogP contribution in [0.1, 0.15) is 62.3 Å². The van der Waals surface area contributed by atoms with Crippen LogP contribution in [0.5, 0.6) is 0 Å². The van der Waals surface area contributed by atoms with Gasteiger partial charge in [0.25, 0.3) is 10.0 Å². The van der Waals surface area contributed by atoms with Crippen molar-refractivity contribution < 1.29 is 18.0 Å². The zero-order valence-electron chi connectivity index (χ0n) is 27.4. The number of hydrogen-bond acceptors (Lipinski definition) is 4. The second-order valence-electron chi connectivity index (χ2n) is 12.1. The van der Waals surface area contributed by atoms with Crippen molar-refractivity contribution in [3.63, 3.8) is 0 Å². The number of nitrogens with one attached hydrogen (secondary N) is 1. The number of aryl methyl sites for hydroxylation is 1. The fourth-order valence-electron chi connectivity index (χ4n) is 5.17. The molecule has 4 aromatic carbocycles. The zero-order valence-corrected chi connectivity index (χ0v) is 28.2. The molecule has 0 aliphatic rings. The quantitative estimate of drug-likeness (QED) is 0.163. The molecular weight excluding hydrogens is 595 g/mol. The highest BCUT2D eigenvalue weighted by Gasteiger charge is 2.35. The monoisotopic (exact) mass is 639 g/mol. The molecule has 46 heavy (non-hydrogen) atoms. The Balaban J connectivity index is 1.80. The van der Waals surface area contributed by atoms with Crippen LogP contribution in [0.25, 0.3) is 0 Å². The zero-order chi connectivity index (χ0) is 33.3. The van der Waals surface area contributed by atoms with E-state index < -0.39 is 28.5 Å². The lowest BCUT2D eigenvalue weighted by atomic mass is 10.0. The number of nitrogens with zero attached hydrogens (tertiary/aromatic N) is 2. The Kier molecular flexibility index (Phi) is 11.8. The van der Waals surface area contributed by atoms with E-state index in [0.29, 0.717) is 5.69 Å². The van der Waals surface area contributed by atoms with Gasteiger partial charge in [0.2, 0.25) is 11.8 Å². The second-order valence-corrected chi connectivity index (χ2v) is 14.0. The molecule has 0 spiro atoms. The smallest absolute Gasteiger partial charge is 0.264 e. The molecule has 4 rings (SSSR count). The van der Waals surface area contributed by atoms with E-state index >= 15 is 0 Å². The molecule has 0 radical (unpaired) electrons. The number of carbonyl (C=O) groups excluding carboxylic acids is 2. The molecule has 0 aromatic heterocycles. The first kappa shape index (κ1) is 34.4. The maximum Gasteiger partial charge on any atom is 0.264 e. The number of amides is 2. The molecule has 1 N–H and O–H groups in total. The molecular formula is C38H45N3O4S. The Hall–Kier alpha value is -4.43. The summed E-state index contributed by atoms with van der Waals surface area (Å²) in [5, 5.41) is 3.07. The molecule has 0 saturated heterocycles. The van der Waals surface area contributed by atoms with Gasteiger partial charge in [-0.3, -0.25) is 13.9 Å². The third-order valence-electron chi connectivity index (χ3n) is 8.20. The van der Waals surface area contributed by atoms with Gasteiger partial charge in [-0.15, -0.1) is 0 Å². The third kappa shape index (κ3) is 8.85. The van der Waals surface area contributed by atoms with Crippen molar-refractivity contribution in [2.75, 3.05) is 10.8 Å². The molecule has 0 fully saturated rings. The highest BCUT2D eigenvalue weighted by molar-refractivity contribution is 7.92. The summed E-state index contributed by atoms with van der Waals surface area (Å²) in [5.41, 5.74) is 4.08. The predicted octanol–water partition coefficient (Wildman–Crippen LogP) is 6.87. The van der Waals surface area contributed by atoms with Crippen LogP contribution >= 0.6 is 0 Å². The number of rotatable bonds is 14. The fraction of sp³-hybridized carbons (Fsp3) is 0.316. The average molecular weight is 640 g/mol. The van der Waals surface area contributed by atoms with Gasteiger partial charge in [-0.05, 0) is 67.1 Å². The van der Waals surface area contributed by atoms with E-state index in [1.165, 1.54) is 4.90 Å². The Labute approximate surface area is 274 Å². The standard InChI is InChI=1S/C38H45N3O4S/c1-6-30(5)39-38(43)36(25-31-13-9-7-10-14-31)40(26-32-15-11-8-12-16-32)37(42)27-41(34-21-19-33(20-22-34)28(2)3)46(44,45)35-23-17-29(4)18-24-35/h7-24,28,30,36H,6,25-27H2,1-5H3,(H,39,43)/t30-,36+/m1/s1. The van der Waals surface area contributed by atoms with E-state index in [-0.39, 0.29) is 35.7 Å². The van der Waals surface area contributed by atoms with Crippen LogP contribution in [0, 0.1) is 6.92 Å². The van der Waals surface area contributed by atoms with Gasteiger partial charge in [0, 0.05) is 19.0 Å². The minimum atomic E-state index is -4.15. The maximum atomic E-state index is 14.6. The van der Waals surface area contributed by atoms with E-state index in [1.54, 1.807) is 36.4 Å². The number of sulfonamides is 1. The van der Waals surface area contributed by atoms with E-state index in [9.17, 15) is 18.0 Å². The fourth-order valence-corrected chi connectivity index (χ4v) is 6.58. The van der Waals surface area contributed by atoms with Gasteiger partial charge in [0.15, 0.2) is 0 Å². The summed E-state index contributed by atoms with van der Waals surface area (Å²) in [5.74, 6) is -0.508. The topological polar surface area (TPSA) is 86.8 Å². The number of anilines is 1. The second kappa shape index (κ2) is 15.7. The lowest BCUT2D eigenvalue weighted by Gasteiger charge is -2.34. The Bertz CT molecular complexity index is 1670. The van der Waals surface area contributed by atoms with Gasteiger partial charge in [-0.1, -0.05) is 111 Å². The van der Waals surface area contributed by atoms with Gasteiger partial charge >= 0.3 is 0 Å². The maximum absolute atomic E-state index is 14.6. The first-order valence-electron chi connectivity index (χ1n) is 15.9. The molecule has 2 amide bonds. The predicted molar refractivity (Wildman–Crippen MR) is 185 cm³/mol. The van der Waals surface area contributed by atoms with Crippen LogP contribution in [-0.2, 0) is 32.6 Å². The van der Waals surface area contributed by atoms with Crippen molar-refractivity contribution in [3.8, 4) is 0 Å². The van der Waals surface area contributed by atoms with Gasteiger partial charge in [-0.2, -0.15) is 0 Å². The summed E-state index contributed by atoms with van der Waals surface area (Å²) in [6.45, 7) is 9.60. The Morgan fingerprint density at radius 1 is 0.761 bits per heavy atom. The summed E-state index contributed by atoms with van der Waals surface area (Å²) in [4.78, 5) is 30.1. The van der Waals surface area contributed by atoms with Crippen LogP contribution in [0.2, 0.25) is 0 Å². The van der Waals surface area contributed by atoms with E-state index in [2.05, 4.69) is 19.2 Å². The summed E-state index contributed by atoms with van der Waals surface area (Å²) in [6.07, 6.45) is 1.00. The first-order chi connectivity index (χ1) is 22.0. The van der Waals surface area contributed by atoms with Crippen molar-refractivity contribution >= 4 is 27.5 Å². The van der Waals surface area contributed by atoms with Gasteiger partial charge in [0.1, 0.15) is 12.6 Å². The molecule has 7 nitrogen and oxygen atoms in total. The number of hydrogen-bond donors (Lipinski definition) is 1. The largest absolute Gasteiger partial charge is 0.352 e. The van der Waals surface area contributed by atoms with Crippen molar-refractivity contribution in [1.29, 1.82) is 0 Å². The average Bonchev–Trinajstić information content (AvgIpc) is 3.06. The lowest BCUT2D eigenvalue weighted by molar-refractivity contribution is -0.140. The SMILES string of the molecule is CC[C@@H](C)NC(=O)[C@H](Cc1ccccc1)N(Cc1ccccc1)C(=O)CN(c1ccc(C(C)C)cc1)S(=O)(=O)c1ccc(C)cc1. The summed E-state index contributed by atoms with van der Waals surface area (Å²) in [6, 6.07) is 31.9. The van der Waals surface area contributed by atoms with Crippen LogP contribution < -0.4 is 9.62 Å². The minimum Gasteiger partial charge on any atom is -0.352 e. The molecule has 0 aliphatic heterocycles. The molecule has 0 heterocycles. The van der Waals surface area contributed by atoms with Crippen LogP contribution in [-0.4, -0.2) is 43.8 Å². The van der Waals surface area contributed by atoms with Crippen molar-refractivity contribution in [2.45, 2.75) is 76.9 Å². The van der Waals surface area contributed by atoms with Crippen LogP contribution in [0.4, 0.5) is 5.69 Å². The van der Waals surface area contributed by atoms with E-state index in [4.69, 9.17) is 0 Å². The molecule has 8 heteroatoms. The Morgan fingerprint density at radius 2 is 1.33 bits per heavy atom. The number of benzene rings is 4. The van der Waals surface area contributed by atoms with Crippen LogP contribution in [0.3, 0.4) is 0 Å². The van der Waals surface area contributed by atoms with E-state index in [0.717, 1.165) is 33.0 Å². The minimum absolute atomic E-state index is 0.0868. The Morgan fingerprint density at radius 3 is 1.87 bits per heavy atom. The van der Waals surface area contributed by atoms with Gasteiger partial charge in [-0.25, -0.2) is 8.42 Å². The van der Waals surface area contributed by atoms with Crippen molar-refractivity contribution in [1.82, 2.24) is 10.2 Å². The summed E-state index contributed by atoms with van der Waals surface area (Å²) < 4.78 is 29.6. The number of carbonyl (C=O) groups is 2. The van der Waals surface area contributed by atoms with Gasteiger partial charge in [0.05, 0.1) is 10.6 Å². The molecule has 2 atom stereocenters. The van der Waals surface area contributed by atoms with Crippen molar-refractivity contribution in [3.05, 3.63) is 131 Å². The van der Waals surface area contributed by atoms with Crippen LogP contribution in [0.15, 0.2) is 114 Å². The molecule has 0 saturated carbocycles. The lowest BCUT2D eigenvalue weighted by Crippen LogP contribution is -2.54. The van der Waals surface area contributed by atoms with Crippen molar-refractivity contribution in [2.24, 2.45) is 0 Å². The first-order valence-corrected chi connectivity index (χ1v) is 17.3. The normalized spacial score (nSPS) is 12.7. The molecule has 242 valence electrons. The molecule has 4 aromatic rings. The van der Waals surface area contributed by atoms with E-state index in [1.807, 2.05) is 93.6 Å².